The molecule has 0 spiro atoms. The molecule has 1 N–H and O–H groups in total. The summed E-state index contributed by atoms with van der Waals surface area (Å²) in [7, 11) is 1.62. The van der Waals surface area contributed by atoms with Crippen molar-refractivity contribution in [3.63, 3.8) is 0 Å². The van der Waals surface area contributed by atoms with Crippen molar-refractivity contribution in [3.8, 4) is 12.3 Å². The number of methoxy groups -OCH3 is 1. The van der Waals surface area contributed by atoms with E-state index in [1.54, 1.807) is 31.4 Å². The van der Waals surface area contributed by atoms with Gasteiger partial charge in [-0.25, -0.2) is 4.79 Å². The van der Waals surface area contributed by atoms with Gasteiger partial charge < -0.3 is 18.9 Å². The van der Waals surface area contributed by atoms with Gasteiger partial charge in [0.25, 0.3) is 0 Å². The van der Waals surface area contributed by atoms with Gasteiger partial charge in [-0.05, 0) is 24.3 Å². The van der Waals surface area contributed by atoms with Crippen molar-refractivity contribution >= 4 is 11.8 Å². The largest absolute Gasteiger partial charge is 0.447 e. The Hall–Kier alpha value is -2.07. The average molecular weight is 307 g/mol. The van der Waals surface area contributed by atoms with Crippen molar-refractivity contribution in [2.45, 2.75) is 0 Å². The zero-order valence-corrected chi connectivity index (χ0v) is 12.7. The van der Waals surface area contributed by atoms with Crippen LogP contribution >= 0.6 is 0 Å². The summed E-state index contributed by atoms with van der Waals surface area (Å²) in [6.07, 6.45) is 4.72. The lowest BCUT2D eigenvalue weighted by molar-refractivity contribution is 0.0141. The van der Waals surface area contributed by atoms with E-state index in [0.29, 0.717) is 38.7 Å². The van der Waals surface area contributed by atoms with Gasteiger partial charge in [0.2, 0.25) is 0 Å². The summed E-state index contributed by atoms with van der Waals surface area (Å²) in [4.78, 5) is 11.5. The lowest BCUT2D eigenvalue weighted by Gasteiger charge is -2.08. The van der Waals surface area contributed by atoms with Crippen LogP contribution in [0.3, 0.4) is 0 Å². The number of nitrogens with one attached hydrogen (secondary N) is 1. The molecule has 120 valence electrons. The molecule has 6 heteroatoms. The molecule has 0 bridgehead atoms. The third-order valence-electron chi connectivity index (χ3n) is 2.56. The van der Waals surface area contributed by atoms with Crippen molar-refractivity contribution in [2.24, 2.45) is 0 Å². The summed E-state index contributed by atoms with van der Waals surface area (Å²) >= 11 is 0. The Morgan fingerprint density at radius 2 is 1.64 bits per heavy atom. The van der Waals surface area contributed by atoms with Crippen LogP contribution in [0.1, 0.15) is 5.56 Å². The third-order valence-corrected chi connectivity index (χ3v) is 2.56. The minimum atomic E-state index is -0.534. The SMILES string of the molecule is C#Cc1ccc(NC(=O)OCCOCCOCCOC)cc1. The fraction of sp³-hybridized carbons (Fsp3) is 0.438. The highest BCUT2D eigenvalue weighted by Crippen LogP contribution is 2.08. The minimum Gasteiger partial charge on any atom is -0.447 e. The summed E-state index contributed by atoms with van der Waals surface area (Å²) < 4.78 is 20.3. The molecule has 0 atom stereocenters. The molecule has 0 fully saturated rings. The second kappa shape index (κ2) is 11.6. The maximum absolute atomic E-state index is 11.5. The lowest BCUT2D eigenvalue weighted by Crippen LogP contribution is -2.17. The minimum absolute atomic E-state index is 0.173. The molecule has 1 amide bonds. The predicted octanol–water partition coefficient (Wildman–Crippen LogP) is 1.90. The van der Waals surface area contributed by atoms with Crippen LogP contribution in [0.25, 0.3) is 0 Å². The van der Waals surface area contributed by atoms with E-state index in [4.69, 9.17) is 25.4 Å². The molecule has 0 heterocycles. The van der Waals surface area contributed by atoms with Gasteiger partial charge in [-0.15, -0.1) is 6.42 Å². The molecular weight excluding hydrogens is 286 g/mol. The third kappa shape index (κ3) is 8.27. The molecule has 0 saturated carbocycles. The van der Waals surface area contributed by atoms with E-state index >= 15 is 0 Å². The molecule has 0 unspecified atom stereocenters. The molecule has 0 aliphatic rings. The maximum Gasteiger partial charge on any atom is 0.411 e. The number of hydrogen-bond acceptors (Lipinski definition) is 5. The van der Waals surface area contributed by atoms with Crippen LogP contribution in [-0.2, 0) is 18.9 Å². The van der Waals surface area contributed by atoms with Crippen LogP contribution in [0.4, 0.5) is 10.5 Å². The standard InChI is InChI=1S/C16H21NO5/c1-3-14-4-6-15(7-5-14)17-16(18)22-13-12-21-11-10-20-9-8-19-2/h1,4-7H,8-13H2,2H3,(H,17,18). The molecule has 1 aromatic rings. The summed E-state index contributed by atoms with van der Waals surface area (Å²) in [6, 6.07) is 6.90. The van der Waals surface area contributed by atoms with Crippen molar-refractivity contribution in [3.05, 3.63) is 29.8 Å². The van der Waals surface area contributed by atoms with Gasteiger partial charge in [0, 0.05) is 18.4 Å². The summed E-state index contributed by atoms with van der Waals surface area (Å²) in [5.74, 6) is 2.50. The van der Waals surface area contributed by atoms with E-state index in [1.165, 1.54) is 0 Å². The summed E-state index contributed by atoms with van der Waals surface area (Å²) in [6.45, 7) is 2.52. The van der Waals surface area contributed by atoms with Gasteiger partial charge >= 0.3 is 6.09 Å². The summed E-state index contributed by atoms with van der Waals surface area (Å²) in [5, 5.41) is 2.59. The van der Waals surface area contributed by atoms with Crippen LogP contribution in [0.5, 0.6) is 0 Å². The molecule has 0 aliphatic heterocycles. The average Bonchev–Trinajstić information content (AvgIpc) is 2.54. The Bertz CT molecular complexity index is 466. The molecule has 6 nitrogen and oxygen atoms in total. The Kier molecular flexibility index (Phi) is 9.46. The maximum atomic E-state index is 11.5. The lowest BCUT2D eigenvalue weighted by atomic mass is 10.2. The highest BCUT2D eigenvalue weighted by Gasteiger charge is 2.02. The quantitative estimate of drug-likeness (QED) is 0.528. The van der Waals surface area contributed by atoms with Gasteiger partial charge in [0.05, 0.1) is 33.0 Å². The number of carbonyl (C=O) groups excluding carboxylic acids is 1. The normalized spacial score (nSPS) is 10.0. The van der Waals surface area contributed by atoms with Crippen LogP contribution in [0.2, 0.25) is 0 Å². The van der Waals surface area contributed by atoms with Crippen molar-refractivity contribution in [2.75, 3.05) is 52.1 Å². The second-order valence-electron chi connectivity index (χ2n) is 4.20. The number of benzene rings is 1. The number of rotatable bonds is 10. The zero-order chi connectivity index (χ0) is 16.0. The van der Waals surface area contributed by atoms with Crippen molar-refractivity contribution in [1.82, 2.24) is 0 Å². The number of amides is 1. The monoisotopic (exact) mass is 307 g/mol. The molecule has 22 heavy (non-hydrogen) atoms. The first-order valence-corrected chi connectivity index (χ1v) is 6.91. The van der Waals surface area contributed by atoms with Crippen LogP contribution < -0.4 is 5.32 Å². The molecule has 0 saturated heterocycles. The van der Waals surface area contributed by atoms with Gasteiger partial charge in [0.15, 0.2) is 0 Å². The molecule has 1 aromatic carbocycles. The van der Waals surface area contributed by atoms with Crippen LogP contribution in [-0.4, -0.2) is 52.8 Å². The highest BCUT2D eigenvalue weighted by atomic mass is 16.6. The van der Waals surface area contributed by atoms with E-state index in [1.807, 2.05) is 0 Å². The molecule has 0 aliphatic carbocycles. The molecule has 1 rings (SSSR count). The fourth-order valence-corrected chi connectivity index (χ4v) is 1.46. The smallest absolute Gasteiger partial charge is 0.411 e. The number of anilines is 1. The van der Waals surface area contributed by atoms with Gasteiger partial charge in [-0.1, -0.05) is 5.92 Å². The van der Waals surface area contributed by atoms with Crippen LogP contribution in [0.15, 0.2) is 24.3 Å². The first-order chi connectivity index (χ1) is 10.8. The Morgan fingerprint density at radius 1 is 1.05 bits per heavy atom. The van der Waals surface area contributed by atoms with E-state index < -0.39 is 6.09 Å². The van der Waals surface area contributed by atoms with Gasteiger partial charge in [-0.2, -0.15) is 0 Å². The van der Waals surface area contributed by atoms with Crippen molar-refractivity contribution < 1.29 is 23.7 Å². The van der Waals surface area contributed by atoms with Crippen LogP contribution in [0, 0.1) is 12.3 Å². The number of terminal acetylenes is 1. The number of ether oxygens (including phenoxy) is 4. The first-order valence-electron chi connectivity index (χ1n) is 6.91. The van der Waals surface area contributed by atoms with Gasteiger partial charge in [0.1, 0.15) is 6.61 Å². The number of hydrogen-bond donors (Lipinski definition) is 1. The topological polar surface area (TPSA) is 66.0 Å². The first kappa shape index (κ1) is 18.0. The zero-order valence-electron chi connectivity index (χ0n) is 12.7. The Morgan fingerprint density at radius 3 is 2.23 bits per heavy atom. The Balaban J connectivity index is 2.02. The highest BCUT2D eigenvalue weighted by molar-refractivity contribution is 5.84. The molecule has 0 aromatic heterocycles. The van der Waals surface area contributed by atoms with E-state index in [0.717, 1.165) is 5.56 Å². The Labute approximate surface area is 130 Å². The van der Waals surface area contributed by atoms with E-state index in [9.17, 15) is 4.79 Å². The van der Waals surface area contributed by atoms with E-state index in [-0.39, 0.29) is 6.61 Å². The molecular formula is C16H21NO5. The summed E-state index contributed by atoms with van der Waals surface area (Å²) in [5.41, 5.74) is 1.37. The second-order valence-corrected chi connectivity index (χ2v) is 4.20. The fourth-order valence-electron chi connectivity index (χ4n) is 1.46. The predicted molar refractivity (Wildman–Crippen MR) is 82.9 cm³/mol. The molecule has 0 radical (unpaired) electrons. The van der Waals surface area contributed by atoms with Gasteiger partial charge in [-0.3, -0.25) is 5.32 Å². The van der Waals surface area contributed by atoms with E-state index in [2.05, 4.69) is 11.2 Å². The number of carbonyl (C=O) groups is 1. The van der Waals surface area contributed by atoms with Crippen molar-refractivity contribution in [1.29, 1.82) is 0 Å².